The SMILES string of the molecule is Cc1cc(Br)cnc1NCc1ccc(N2CCCC2=O)cc1. The highest BCUT2D eigenvalue weighted by Gasteiger charge is 2.21. The van der Waals surface area contributed by atoms with Crippen molar-refractivity contribution in [3.05, 3.63) is 52.1 Å². The van der Waals surface area contributed by atoms with E-state index in [2.05, 4.69) is 38.4 Å². The zero-order valence-electron chi connectivity index (χ0n) is 12.5. The Labute approximate surface area is 138 Å². The van der Waals surface area contributed by atoms with Crippen LogP contribution in [0.25, 0.3) is 0 Å². The highest BCUT2D eigenvalue weighted by atomic mass is 79.9. The third-order valence-corrected chi connectivity index (χ3v) is 4.26. The quantitative estimate of drug-likeness (QED) is 0.900. The summed E-state index contributed by atoms with van der Waals surface area (Å²) in [6.07, 6.45) is 3.41. The number of nitrogens with zero attached hydrogens (tertiary/aromatic N) is 2. The van der Waals surface area contributed by atoms with E-state index in [1.165, 1.54) is 5.56 Å². The zero-order chi connectivity index (χ0) is 15.5. The minimum atomic E-state index is 0.223. The van der Waals surface area contributed by atoms with Crippen molar-refractivity contribution >= 4 is 33.3 Å². The Hall–Kier alpha value is -1.88. The van der Waals surface area contributed by atoms with Gasteiger partial charge in [-0.25, -0.2) is 4.98 Å². The van der Waals surface area contributed by atoms with Gasteiger partial charge in [0.05, 0.1) is 0 Å². The van der Waals surface area contributed by atoms with Gasteiger partial charge in [0.15, 0.2) is 0 Å². The second-order valence-corrected chi connectivity index (χ2v) is 6.40. The fraction of sp³-hybridized carbons (Fsp3) is 0.294. The maximum Gasteiger partial charge on any atom is 0.227 e. The number of halogens is 1. The van der Waals surface area contributed by atoms with Gasteiger partial charge in [-0.2, -0.15) is 0 Å². The summed E-state index contributed by atoms with van der Waals surface area (Å²) < 4.78 is 0.982. The Kier molecular flexibility index (Phi) is 4.43. The van der Waals surface area contributed by atoms with Gasteiger partial charge in [0, 0.05) is 35.9 Å². The molecular formula is C17H18BrN3O. The lowest BCUT2D eigenvalue weighted by Gasteiger charge is -2.16. The standard InChI is InChI=1S/C17H18BrN3O/c1-12-9-14(18)11-20-17(12)19-10-13-4-6-15(7-5-13)21-8-2-3-16(21)22/h4-7,9,11H,2-3,8,10H2,1H3,(H,19,20). The van der Waals surface area contributed by atoms with Crippen LogP contribution >= 0.6 is 15.9 Å². The number of aromatic nitrogens is 1. The predicted molar refractivity (Wildman–Crippen MR) is 92.0 cm³/mol. The molecule has 5 heteroatoms. The van der Waals surface area contributed by atoms with E-state index in [-0.39, 0.29) is 5.91 Å². The van der Waals surface area contributed by atoms with Crippen LogP contribution in [0.5, 0.6) is 0 Å². The summed E-state index contributed by atoms with van der Waals surface area (Å²) in [7, 11) is 0. The molecule has 3 rings (SSSR count). The van der Waals surface area contributed by atoms with Crippen molar-refractivity contribution in [3.63, 3.8) is 0 Å². The smallest absolute Gasteiger partial charge is 0.227 e. The second-order valence-electron chi connectivity index (χ2n) is 5.49. The monoisotopic (exact) mass is 359 g/mol. The van der Waals surface area contributed by atoms with Crippen LogP contribution in [-0.4, -0.2) is 17.4 Å². The van der Waals surface area contributed by atoms with Gasteiger partial charge in [-0.3, -0.25) is 4.79 Å². The van der Waals surface area contributed by atoms with Crippen molar-refractivity contribution in [2.75, 3.05) is 16.8 Å². The molecule has 0 saturated carbocycles. The molecule has 0 aliphatic carbocycles. The molecule has 1 fully saturated rings. The number of hydrogen-bond acceptors (Lipinski definition) is 3. The zero-order valence-corrected chi connectivity index (χ0v) is 14.1. The van der Waals surface area contributed by atoms with E-state index in [0.29, 0.717) is 13.0 Å². The van der Waals surface area contributed by atoms with Crippen LogP contribution in [0.2, 0.25) is 0 Å². The first kappa shape index (κ1) is 15.0. The molecule has 0 unspecified atom stereocenters. The van der Waals surface area contributed by atoms with E-state index in [1.54, 1.807) is 6.20 Å². The Morgan fingerprint density at radius 1 is 1.32 bits per heavy atom. The molecule has 0 atom stereocenters. The number of anilines is 2. The van der Waals surface area contributed by atoms with Gasteiger partial charge in [0.25, 0.3) is 0 Å². The average Bonchev–Trinajstić information content (AvgIpc) is 2.93. The molecule has 1 amide bonds. The highest BCUT2D eigenvalue weighted by molar-refractivity contribution is 9.10. The second kappa shape index (κ2) is 6.48. The molecular weight excluding hydrogens is 342 g/mol. The maximum absolute atomic E-state index is 11.7. The Bertz CT molecular complexity index is 685. The topological polar surface area (TPSA) is 45.2 Å². The summed E-state index contributed by atoms with van der Waals surface area (Å²) in [5.74, 6) is 1.11. The van der Waals surface area contributed by atoms with Gasteiger partial charge in [-0.1, -0.05) is 12.1 Å². The molecule has 1 N–H and O–H groups in total. The average molecular weight is 360 g/mol. The molecule has 1 aliphatic heterocycles. The molecule has 4 nitrogen and oxygen atoms in total. The summed E-state index contributed by atoms with van der Waals surface area (Å²) in [5.41, 5.74) is 3.26. The molecule has 1 aromatic carbocycles. The molecule has 0 radical (unpaired) electrons. The van der Waals surface area contributed by atoms with Gasteiger partial charge < -0.3 is 10.2 Å². The number of carbonyl (C=O) groups excluding carboxylic acids is 1. The molecule has 2 heterocycles. The van der Waals surface area contributed by atoms with Gasteiger partial charge in [0.1, 0.15) is 5.82 Å². The van der Waals surface area contributed by atoms with E-state index >= 15 is 0 Å². The van der Waals surface area contributed by atoms with E-state index in [9.17, 15) is 4.79 Å². The lowest BCUT2D eigenvalue weighted by atomic mass is 10.2. The summed E-state index contributed by atoms with van der Waals surface area (Å²) in [4.78, 5) is 18.0. The number of aryl methyl sites for hydroxylation is 1. The highest BCUT2D eigenvalue weighted by Crippen LogP contribution is 2.22. The fourth-order valence-corrected chi connectivity index (χ4v) is 3.07. The van der Waals surface area contributed by atoms with Crippen molar-refractivity contribution < 1.29 is 4.79 Å². The minimum Gasteiger partial charge on any atom is -0.366 e. The van der Waals surface area contributed by atoms with Gasteiger partial charge in [-0.15, -0.1) is 0 Å². The molecule has 1 saturated heterocycles. The van der Waals surface area contributed by atoms with Crippen LogP contribution < -0.4 is 10.2 Å². The van der Waals surface area contributed by atoms with Crippen molar-refractivity contribution in [1.29, 1.82) is 0 Å². The Morgan fingerprint density at radius 2 is 2.09 bits per heavy atom. The number of amides is 1. The van der Waals surface area contributed by atoms with Gasteiger partial charge in [0.2, 0.25) is 5.91 Å². The normalized spacial score (nSPS) is 14.5. The number of hydrogen-bond donors (Lipinski definition) is 1. The molecule has 2 aromatic rings. The first-order valence-electron chi connectivity index (χ1n) is 7.39. The first-order valence-corrected chi connectivity index (χ1v) is 8.18. The molecule has 22 heavy (non-hydrogen) atoms. The van der Waals surface area contributed by atoms with E-state index < -0.39 is 0 Å². The first-order chi connectivity index (χ1) is 10.6. The molecule has 1 aromatic heterocycles. The van der Waals surface area contributed by atoms with Crippen LogP contribution in [0.3, 0.4) is 0 Å². The van der Waals surface area contributed by atoms with Gasteiger partial charge in [-0.05, 0) is 58.6 Å². The van der Waals surface area contributed by atoms with Gasteiger partial charge >= 0.3 is 0 Å². The number of pyridine rings is 1. The molecule has 0 spiro atoms. The summed E-state index contributed by atoms with van der Waals surface area (Å²) in [6, 6.07) is 10.2. The predicted octanol–water partition coefficient (Wildman–Crippen LogP) is 3.89. The summed E-state index contributed by atoms with van der Waals surface area (Å²) in [5, 5.41) is 3.34. The van der Waals surface area contributed by atoms with Crippen molar-refractivity contribution in [2.45, 2.75) is 26.3 Å². The Morgan fingerprint density at radius 3 is 2.73 bits per heavy atom. The van der Waals surface area contributed by atoms with E-state index in [0.717, 1.165) is 34.5 Å². The lowest BCUT2D eigenvalue weighted by Crippen LogP contribution is -2.23. The van der Waals surface area contributed by atoms with Crippen LogP contribution in [0.4, 0.5) is 11.5 Å². The van der Waals surface area contributed by atoms with E-state index in [1.807, 2.05) is 30.0 Å². The van der Waals surface area contributed by atoms with E-state index in [4.69, 9.17) is 0 Å². The fourth-order valence-electron chi connectivity index (χ4n) is 2.63. The molecule has 1 aliphatic rings. The van der Waals surface area contributed by atoms with Crippen LogP contribution in [0.1, 0.15) is 24.0 Å². The molecule has 0 bridgehead atoms. The number of nitrogens with one attached hydrogen (secondary N) is 1. The third-order valence-electron chi connectivity index (χ3n) is 3.83. The number of benzene rings is 1. The maximum atomic E-state index is 11.7. The van der Waals surface area contributed by atoms with Crippen molar-refractivity contribution in [3.8, 4) is 0 Å². The van der Waals surface area contributed by atoms with Crippen molar-refractivity contribution in [1.82, 2.24) is 4.98 Å². The molecule has 114 valence electrons. The summed E-state index contributed by atoms with van der Waals surface area (Å²) >= 11 is 3.41. The number of rotatable bonds is 4. The largest absolute Gasteiger partial charge is 0.366 e. The lowest BCUT2D eigenvalue weighted by molar-refractivity contribution is -0.117. The van der Waals surface area contributed by atoms with Crippen LogP contribution in [0, 0.1) is 6.92 Å². The Balaban J connectivity index is 1.65. The van der Waals surface area contributed by atoms with Crippen LogP contribution in [0.15, 0.2) is 41.0 Å². The minimum absolute atomic E-state index is 0.223. The summed E-state index contributed by atoms with van der Waals surface area (Å²) in [6.45, 7) is 3.57. The number of carbonyl (C=O) groups is 1. The third kappa shape index (κ3) is 3.30. The van der Waals surface area contributed by atoms with Crippen LogP contribution in [-0.2, 0) is 11.3 Å². The van der Waals surface area contributed by atoms with Crippen molar-refractivity contribution in [2.24, 2.45) is 0 Å².